The maximum absolute atomic E-state index is 12.7. The summed E-state index contributed by atoms with van der Waals surface area (Å²) >= 11 is 0. The van der Waals surface area contributed by atoms with Gasteiger partial charge in [0.1, 0.15) is 18.5 Å². The summed E-state index contributed by atoms with van der Waals surface area (Å²) in [6, 6.07) is 13.0. The molecular weight excluding hydrogens is 460 g/mol. The molecule has 0 aromatic heterocycles. The molecule has 1 aliphatic rings. The van der Waals surface area contributed by atoms with Crippen LogP contribution in [0.4, 0.5) is 0 Å². The minimum atomic E-state index is -0.590. The summed E-state index contributed by atoms with van der Waals surface area (Å²) in [6.45, 7) is 3.35. The van der Waals surface area contributed by atoms with Gasteiger partial charge in [0.15, 0.2) is 11.5 Å². The number of carbonyl (C=O) groups is 1. The first-order valence-corrected chi connectivity index (χ1v) is 10.9. The number of halogens is 1. The van der Waals surface area contributed by atoms with Crippen LogP contribution in [0.2, 0.25) is 0 Å². The Morgan fingerprint density at radius 3 is 2.18 bits per heavy atom. The van der Waals surface area contributed by atoms with E-state index in [4.69, 9.17) is 18.9 Å². The van der Waals surface area contributed by atoms with Gasteiger partial charge < -0.3 is 41.4 Å². The van der Waals surface area contributed by atoms with Crippen LogP contribution in [0, 0.1) is 0 Å². The number of hydrogen-bond acceptors (Lipinski definition) is 7. The molecular formula is C25H32ClN2O6-. The molecule has 2 aromatic rings. The lowest BCUT2D eigenvalue weighted by molar-refractivity contribution is -0.127. The number of aliphatic hydroxyl groups excluding tert-OH is 1. The zero-order chi connectivity index (χ0) is 23.6. The fraction of sp³-hybridized carbons (Fsp3) is 0.400. The van der Waals surface area contributed by atoms with Crippen molar-refractivity contribution in [1.29, 1.82) is 0 Å². The summed E-state index contributed by atoms with van der Waals surface area (Å²) in [5.74, 6) is 2.26. The van der Waals surface area contributed by atoms with Crippen molar-refractivity contribution in [1.82, 2.24) is 9.80 Å². The Balaban J connectivity index is 0.00000408. The molecule has 3 rings (SSSR count). The number of rotatable bonds is 10. The highest BCUT2D eigenvalue weighted by molar-refractivity contribution is 5.92. The Bertz CT molecular complexity index is 907. The quantitative estimate of drug-likeness (QED) is 0.441. The number of piperazine rings is 1. The summed E-state index contributed by atoms with van der Waals surface area (Å²) in [4.78, 5) is 16.6. The average molecular weight is 492 g/mol. The van der Waals surface area contributed by atoms with E-state index in [1.165, 1.54) is 0 Å². The van der Waals surface area contributed by atoms with Crippen LogP contribution in [0.3, 0.4) is 0 Å². The molecule has 0 bridgehead atoms. The fourth-order valence-electron chi connectivity index (χ4n) is 3.68. The van der Waals surface area contributed by atoms with E-state index in [1.807, 2.05) is 30.3 Å². The number of hydrogen-bond donors (Lipinski definition) is 1. The van der Waals surface area contributed by atoms with E-state index in [1.54, 1.807) is 50.5 Å². The Morgan fingerprint density at radius 1 is 1.00 bits per heavy atom. The van der Waals surface area contributed by atoms with Gasteiger partial charge >= 0.3 is 0 Å². The van der Waals surface area contributed by atoms with E-state index >= 15 is 0 Å². The Kier molecular flexibility index (Phi) is 11.0. The number of amides is 1. The first-order valence-electron chi connectivity index (χ1n) is 10.9. The Morgan fingerprint density at radius 2 is 1.62 bits per heavy atom. The van der Waals surface area contributed by atoms with Crippen molar-refractivity contribution in [3.63, 3.8) is 0 Å². The molecule has 0 saturated carbocycles. The predicted molar refractivity (Wildman–Crippen MR) is 126 cm³/mol. The minimum absolute atomic E-state index is 0. The van der Waals surface area contributed by atoms with Gasteiger partial charge in [0.25, 0.3) is 0 Å². The number of β-amino-alcohol motifs (C(OH)–C–C–N with tert-alkyl or cyclic N) is 1. The van der Waals surface area contributed by atoms with E-state index in [0.717, 1.165) is 11.3 Å². The molecule has 1 N–H and O–H groups in total. The van der Waals surface area contributed by atoms with Gasteiger partial charge in [-0.15, -0.1) is 0 Å². The van der Waals surface area contributed by atoms with Gasteiger partial charge in [-0.05, 0) is 35.9 Å². The summed E-state index contributed by atoms with van der Waals surface area (Å²) < 4.78 is 21.7. The van der Waals surface area contributed by atoms with Crippen molar-refractivity contribution in [2.24, 2.45) is 0 Å². The van der Waals surface area contributed by atoms with Crippen LogP contribution in [0.15, 0.2) is 48.5 Å². The van der Waals surface area contributed by atoms with Crippen LogP contribution in [0.25, 0.3) is 6.08 Å². The molecule has 0 spiro atoms. The molecule has 1 heterocycles. The van der Waals surface area contributed by atoms with Crippen LogP contribution in [0.5, 0.6) is 23.0 Å². The van der Waals surface area contributed by atoms with Crippen LogP contribution in [-0.2, 0) is 4.79 Å². The van der Waals surface area contributed by atoms with Gasteiger partial charge in [-0.25, -0.2) is 0 Å². The maximum atomic E-state index is 12.7. The molecule has 1 fully saturated rings. The molecule has 1 atom stereocenters. The van der Waals surface area contributed by atoms with Crippen LogP contribution in [0.1, 0.15) is 5.56 Å². The minimum Gasteiger partial charge on any atom is -1.00 e. The van der Waals surface area contributed by atoms with E-state index in [-0.39, 0.29) is 24.9 Å². The first-order chi connectivity index (χ1) is 16.0. The number of nitrogens with zero attached hydrogens (tertiary/aromatic N) is 2. The largest absolute Gasteiger partial charge is 1.00 e. The van der Waals surface area contributed by atoms with Crippen molar-refractivity contribution < 1.29 is 41.3 Å². The third-order valence-corrected chi connectivity index (χ3v) is 5.44. The molecule has 34 heavy (non-hydrogen) atoms. The third-order valence-electron chi connectivity index (χ3n) is 5.44. The van der Waals surface area contributed by atoms with Gasteiger partial charge in [-0.2, -0.15) is 0 Å². The monoisotopic (exact) mass is 491 g/mol. The van der Waals surface area contributed by atoms with Gasteiger partial charge in [0, 0.05) is 38.8 Å². The molecule has 1 aliphatic heterocycles. The van der Waals surface area contributed by atoms with E-state index in [2.05, 4.69) is 4.90 Å². The van der Waals surface area contributed by atoms with E-state index in [9.17, 15) is 9.90 Å². The summed E-state index contributed by atoms with van der Waals surface area (Å²) in [5.41, 5.74) is 0.776. The first kappa shape index (κ1) is 27.3. The van der Waals surface area contributed by atoms with Gasteiger partial charge in [0.2, 0.25) is 11.7 Å². The molecule has 1 amide bonds. The second-order valence-corrected chi connectivity index (χ2v) is 7.70. The highest BCUT2D eigenvalue weighted by Crippen LogP contribution is 2.38. The lowest BCUT2D eigenvalue weighted by atomic mass is 10.1. The second-order valence-electron chi connectivity index (χ2n) is 7.70. The zero-order valence-electron chi connectivity index (χ0n) is 19.8. The van der Waals surface area contributed by atoms with E-state index in [0.29, 0.717) is 50.0 Å². The number of para-hydroxylation sites is 1. The molecule has 0 aliphatic carbocycles. The molecule has 0 radical (unpaired) electrons. The van der Waals surface area contributed by atoms with Gasteiger partial charge in [0.05, 0.1) is 21.3 Å². The predicted octanol–water partition coefficient (Wildman–Crippen LogP) is -0.686. The van der Waals surface area contributed by atoms with Crippen molar-refractivity contribution in [3.8, 4) is 23.0 Å². The Hall–Kier alpha value is -2.94. The highest BCUT2D eigenvalue weighted by Gasteiger charge is 2.22. The summed E-state index contributed by atoms with van der Waals surface area (Å²) in [6.07, 6.45) is 2.70. The van der Waals surface area contributed by atoms with Crippen molar-refractivity contribution in [2.75, 3.05) is 60.7 Å². The molecule has 1 saturated heterocycles. The molecule has 186 valence electrons. The number of aliphatic hydroxyl groups is 1. The molecule has 9 heteroatoms. The van der Waals surface area contributed by atoms with Crippen LogP contribution in [-0.4, -0.2) is 87.6 Å². The van der Waals surface area contributed by atoms with Gasteiger partial charge in [-0.3, -0.25) is 9.69 Å². The maximum Gasteiger partial charge on any atom is 0.246 e. The van der Waals surface area contributed by atoms with E-state index < -0.39 is 6.10 Å². The van der Waals surface area contributed by atoms with Crippen LogP contribution < -0.4 is 31.4 Å². The zero-order valence-corrected chi connectivity index (χ0v) is 20.5. The van der Waals surface area contributed by atoms with Crippen LogP contribution >= 0.6 is 0 Å². The second kappa shape index (κ2) is 13.7. The molecule has 1 unspecified atom stereocenters. The smallest absolute Gasteiger partial charge is 0.246 e. The van der Waals surface area contributed by atoms with Crippen molar-refractivity contribution in [3.05, 3.63) is 54.1 Å². The summed E-state index contributed by atoms with van der Waals surface area (Å²) in [5, 5.41) is 10.3. The average Bonchev–Trinajstić information content (AvgIpc) is 2.86. The SMILES string of the molecule is COc1cc(C=CC(=O)N2CCN(CC(O)COc3ccccc3)CC2)cc(OC)c1OC.[Cl-]. The third kappa shape index (κ3) is 7.55. The number of carbonyl (C=O) groups excluding carboxylic acids is 1. The topological polar surface area (TPSA) is 80.7 Å². The van der Waals surface area contributed by atoms with Crippen molar-refractivity contribution >= 4 is 12.0 Å². The standard InChI is InChI=1S/C25H32N2O6.ClH/c1-30-22-15-19(16-23(31-2)25(22)32-3)9-10-24(29)27-13-11-26(12-14-27)17-20(28)18-33-21-7-5-4-6-8-21;/h4-10,15-16,20,28H,11-14,17-18H2,1-3H3;1H/p-1. The number of ether oxygens (including phenoxy) is 4. The lowest BCUT2D eigenvalue weighted by Crippen LogP contribution is -3.00. The van der Waals surface area contributed by atoms with Crippen molar-refractivity contribution in [2.45, 2.75) is 6.10 Å². The molecule has 8 nitrogen and oxygen atoms in total. The highest BCUT2D eigenvalue weighted by atomic mass is 35.5. The number of benzene rings is 2. The lowest BCUT2D eigenvalue weighted by Gasteiger charge is -2.35. The normalized spacial score (nSPS) is 14.9. The summed E-state index contributed by atoms with van der Waals surface area (Å²) in [7, 11) is 4.66. The Labute approximate surface area is 207 Å². The number of methoxy groups -OCH3 is 3. The molecule has 2 aromatic carbocycles. The van der Waals surface area contributed by atoms with Gasteiger partial charge in [-0.1, -0.05) is 18.2 Å². The fourth-order valence-corrected chi connectivity index (χ4v) is 3.68.